The highest BCUT2D eigenvalue weighted by atomic mass is 32.2. The van der Waals surface area contributed by atoms with Gasteiger partial charge in [0.25, 0.3) is 5.91 Å². The second kappa shape index (κ2) is 7.21. The van der Waals surface area contributed by atoms with E-state index >= 15 is 0 Å². The number of aromatic amines is 1. The zero-order valence-electron chi connectivity index (χ0n) is 13.7. The van der Waals surface area contributed by atoms with Crippen LogP contribution in [0.15, 0.2) is 30.3 Å². The van der Waals surface area contributed by atoms with Gasteiger partial charge in [-0.1, -0.05) is 30.3 Å². The molecule has 1 fully saturated rings. The molecule has 3 rings (SSSR count). The number of nitrogens with zero attached hydrogens (tertiary/aromatic N) is 2. The first-order valence-corrected chi connectivity index (χ1v) is 9.48. The Balaban J connectivity index is 1.79. The van der Waals surface area contributed by atoms with Crippen LogP contribution in [0, 0.1) is 12.8 Å². The fourth-order valence-electron chi connectivity index (χ4n) is 3.17. The topological polar surface area (TPSA) is 49.0 Å². The summed E-state index contributed by atoms with van der Waals surface area (Å²) in [6.07, 6.45) is 4.44. The van der Waals surface area contributed by atoms with Crippen LogP contribution >= 0.6 is 11.8 Å². The number of carbonyl (C=O) groups excluding carboxylic acids is 1. The van der Waals surface area contributed by atoms with Crippen LogP contribution in [0.4, 0.5) is 0 Å². The van der Waals surface area contributed by atoms with Crippen LogP contribution in [0.2, 0.25) is 0 Å². The summed E-state index contributed by atoms with van der Waals surface area (Å²) in [5.74, 6) is 2.56. The quantitative estimate of drug-likeness (QED) is 0.932. The summed E-state index contributed by atoms with van der Waals surface area (Å²) >= 11 is 1.86. The molecule has 0 aliphatic carbocycles. The Labute approximate surface area is 141 Å². The molecule has 0 bridgehead atoms. The molecule has 1 aliphatic rings. The van der Waals surface area contributed by atoms with E-state index in [0.717, 1.165) is 42.3 Å². The lowest BCUT2D eigenvalue weighted by atomic mass is 10.00. The third-order valence-corrected chi connectivity index (χ3v) is 5.15. The second-order valence-electron chi connectivity index (χ2n) is 6.14. The summed E-state index contributed by atoms with van der Waals surface area (Å²) in [5, 5.41) is 0. The maximum Gasteiger partial charge on any atom is 0.274 e. The van der Waals surface area contributed by atoms with Gasteiger partial charge in [0.1, 0.15) is 11.5 Å². The Morgan fingerprint density at radius 2 is 2.17 bits per heavy atom. The monoisotopic (exact) mass is 329 g/mol. The van der Waals surface area contributed by atoms with Gasteiger partial charge in [0, 0.05) is 24.3 Å². The molecular weight excluding hydrogens is 306 g/mol. The van der Waals surface area contributed by atoms with Crippen molar-refractivity contribution >= 4 is 17.7 Å². The summed E-state index contributed by atoms with van der Waals surface area (Å²) < 4.78 is 0. The highest BCUT2D eigenvalue weighted by Crippen LogP contribution is 2.23. The van der Waals surface area contributed by atoms with Gasteiger partial charge in [0.05, 0.1) is 0 Å². The van der Waals surface area contributed by atoms with E-state index in [0.29, 0.717) is 11.6 Å². The number of thioether (sulfide) groups is 1. The highest BCUT2D eigenvalue weighted by Gasteiger charge is 2.27. The van der Waals surface area contributed by atoms with Crippen molar-refractivity contribution in [2.45, 2.75) is 19.8 Å². The molecule has 1 amide bonds. The maximum absolute atomic E-state index is 12.9. The van der Waals surface area contributed by atoms with Gasteiger partial charge in [-0.25, -0.2) is 4.98 Å². The Hall–Kier alpha value is -1.75. The average molecular weight is 329 g/mol. The van der Waals surface area contributed by atoms with Crippen LogP contribution in [0.25, 0.3) is 11.4 Å². The zero-order chi connectivity index (χ0) is 16.2. The SMILES string of the molecule is CSCC1CCCN(C(=O)c2nc(-c3ccccc3)[nH]c2C)C1. The summed E-state index contributed by atoms with van der Waals surface area (Å²) in [7, 11) is 0. The van der Waals surface area contributed by atoms with Crippen LogP contribution in [-0.4, -0.2) is 45.9 Å². The summed E-state index contributed by atoms with van der Waals surface area (Å²) in [5.41, 5.74) is 2.42. The largest absolute Gasteiger partial charge is 0.341 e. The molecule has 5 heteroatoms. The van der Waals surface area contributed by atoms with E-state index in [1.54, 1.807) is 0 Å². The van der Waals surface area contributed by atoms with Gasteiger partial charge < -0.3 is 9.88 Å². The first kappa shape index (κ1) is 16.1. The lowest BCUT2D eigenvalue weighted by molar-refractivity contribution is 0.0679. The molecule has 1 aliphatic heterocycles. The first-order chi connectivity index (χ1) is 11.2. The molecule has 0 radical (unpaired) electrons. The average Bonchev–Trinajstić information content (AvgIpc) is 2.97. The number of benzene rings is 1. The molecule has 4 nitrogen and oxygen atoms in total. The third kappa shape index (κ3) is 3.61. The number of imidazole rings is 1. The summed E-state index contributed by atoms with van der Waals surface area (Å²) in [6.45, 7) is 3.62. The van der Waals surface area contributed by atoms with Gasteiger partial charge in [-0.2, -0.15) is 11.8 Å². The number of aryl methyl sites for hydroxylation is 1. The Morgan fingerprint density at radius 3 is 2.91 bits per heavy atom. The lowest BCUT2D eigenvalue weighted by Crippen LogP contribution is -2.41. The predicted octanol–water partition coefficient (Wildman–Crippen LogP) is 3.60. The molecule has 1 aromatic carbocycles. The van der Waals surface area contributed by atoms with E-state index in [1.165, 1.54) is 6.42 Å². The van der Waals surface area contributed by atoms with E-state index in [9.17, 15) is 4.79 Å². The number of carbonyl (C=O) groups is 1. The Morgan fingerprint density at radius 1 is 1.39 bits per heavy atom. The molecular formula is C18H23N3OS. The van der Waals surface area contributed by atoms with Gasteiger partial charge in [-0.05, 0) is 37.7 Å². The van der Waals surface area contributed by atoms with Crippen molar-refractivity contribution < 1.29 is 4.79 Å². The van der Waals surface area contributed by atoms with Gasteiger partial charge in [0.2, 0.25) is 0 Å². The highest BCUT2D eigenvalue weighted by molar-refractivity contribution is 7.98. The molecule has 1 atom stereocenters. The van der Waals surface area contributed by atoms with Gasteiger partial charge in [0.15, 0.2) is 0 Å². The molecule has 0 spiro atoms. The molecule has 2 heterocycles. The second-order valence-corrected chi connectivity index (χ2v) is 7.05. The van der Waals surface area contributed by atoms with Gasteiger partial charge >= 0.3 is 0 Å². The van der Waals surface area contributed by atoms with Crippen molar-refractivity contribution in [2.75, 3.05) is 25.1 Å². The minimum Gasteiger partial charge on any atom is -0.341 e. The predicted molar refractivity (Wildman–Crippen MR) is 95.8 cm³/mol. The van der Waals surface area contributed by atoms with Crippen molar-refractivity contribution in [1.82, 2.24) is 14.9 Å². The molecule has 1 saturated heterocycles. The Kier molecular flexibility index (Phi) is 5.06. The van der Waals surface area contributed by atoms with Crippen LogP contribution in [0.5, 0.6) is 0 Å². The van der Waals surface area contributed by atoms with E-state index in [2.05, 4.69) is 16.2 Å². The Bertz CT molecular complexity index is 666. The number of amides is 1. The number of rotatable bonds is 4. The van der Waals surface area contributed by atoms with Crippen molar-refractivity contribution in [3.63, 3.8) is 0 Å². The van der Waals surface area contributed by atoms with Crippen LogP contribution in [0.3, 0.4) is 0 Å². The zero-order valence-corrected chi connectivity index (χ0v) is 14.5. The number of hydrogen-bond acceptors (Lipinski definition) is 3. The van der Waals surface area contributed by atoms with Crippen LogP contribution in [0.1, 0.15) is 29.0 Å². The van der Waals surface area contributed by atoms with Crippen molar-refractivity contribution in [3.05, 3.63) is 41.7 Å². The third-order valence-electron chi connectivity index (χ3n) is 4.34. The van der Waals surface area contributed by atoms with E-state index in [-0.39, 0.29) is 5.91 Å². The molecule has 23 heavy (non-hydrogen) atoms. The number of likely N-dealkylation sites (tertiary alicyclic amines) is 1. The number of aromatic nitrogens is 2. The van der Waals surface area contributed by atoms with Gasteiger partial charge in [-0.3, -0.25) is 4.79 Å². The first-order valence-electron chi connectivity index (χ1n) is 8.09. The number of nitrogens with one attached hydrogen (secondary N) is 1. The number of hydrogen-bond donors (Lipinski definition) is 1. The number of piperidine rings is 1. The summed E-state index contributed by atoms with van der Waals surface area (Å²) in [6, 6.07) is 9.94. The molecule has 0 saturated carbocycles. The normalized spacial score (nSPS) is 18.2. The minimum absolute atomic E-state index is 0.0618. The standard InChI is InChI=1S/C18H23N3OS/c1-13-16(20-17(19-13)15-8-4-3-5-9-15)18(22)21-10-6-7-14(11-21)12-23-2/h3-5,8-9,14H,6-7,10-12H2,1-2H3,(H,19,20). The summed E-state index contributed by atoms with van der Waals surface area (Å²) in [4.78, 5) is 22.7. The molecule has 2 aromatic rings. The van der Waals surface area contributed by atoms with E-state index < -0.39 is 0 Å². The van der Waals surface area contributed by atoms with E-state index in [1.807, 2.05) is 53.9 Å². The van der Waals surface area contributed by atoms with Crippen molar-refractivity contribution in [2.24, 2.45) is 5.92 Å². The van der Waals surface area contributed by atoms with Crippen molar-refractivity contribution in [3.8, 4) is 11.4 Å². The molecule has 122 valence electrons. The minimum atomic E-state index is 0.0618. The smallest absolute Gasteiger partial charge is 0.274 e. The fourth-order valence-corrected chi connectivity index (χ4v) is 3.92. The van der Waals surface area contributed by atoms with Crippen LogP contribution < -0.4 is 0 Å². The van der Waals surface area contributed by atoms with Crippen molar-refractivity contribution in [1.29, 1.82) is 0 Å². The van der Waals surface area contributed by atoms with E-state index in [4.69, 9.17) is 0 Å². The molecule has 1 unspecified atom stereocenters. The molecule has 1 N–H and O–H groups in total. The van der Waals surface area contributed by atoms with Gasteiger partial charge in [-0.15, -0.1) is 0 Å². The van der Waals surface area contributed by atoms with Crippen LogP contribution in [-0.2, 0) is 0 Å². The fraction of sp³-hybridized carbons (Fsp3) is 0.444. The maximum atomic E-state index is 12.9. The molecule has 1 aromatic heterocycles. The number of H-pyrrole nitrogens is 1. The lowest BCUT2D eigenvalue weighted by Gasteiger charge is -2.32.